The van der Waals surface area contributed by atoms with Crippen molar-refractivity contribution in [3.05, 3.63) is 58.1 Å². The van der Waals surface area contributed by atoms with Crippen molar-refractivity contribution in [3.8, 4) is 11.8 Å². The van der Waals surface area contributed by atoms with E-state index in [0.29, 0.717) is 10.6 Å². The van der Waals surface area contributed by atoms with E-state index in [1.807, 2.05) is 6.07 Å². The number of rotatable bonds is 3. The van der Waals surface area contributed by atoms with Crippen molar-refractivity contribution >= 4 is 17.3 Å². The lowest BCUT2D eigenvalue weighted by molar-refractivity contribution is 0.414. The maximum absolute atomic E-state index is 9.00. The first-order chi connectivity index (χ1) is 10.2. The molecule has 21 heavy (non-hydrogen) atoms. The fourth-order valence-electron chi connectivity index (χ4n) is 2.75. The van der Waals surface area contributed by atoms with Crippen LogP contribution in [0.25, 0.3) is 0 Å². The molecule has 3 rings (SSSR count). The third kappa shape index (κ3) is 2.68. The van der Waals surface area contributed by atoms with Crippen molar-refractivity contribution in [2.24, 2.45) is 0 Å². The van der Waals surface area contributed by atoms with Gasteiger partial charge in [0.05, 0.1) is 35.5 Å². The number of ether oxygens (including phenoxy) is 1. The molecule has 1 unspecified atom stereocenters. The third-order valence-corrected chi connectivity index (χ3v) is 4.19. The molecule has 1 N–H and O–H groups in total. The van der Waals surface area contributed by atoms with Gasteiger partial charge >= 0.3 is 0 Å². The highest BCUT2D eigenvalue weighted by Gasteiger charge is 2.23. The summed E-state index contributed by atoms with van der Waals surface area (Å²) in [6.45, 7) is 0. The lowest BCUT2D eigenvalue weighted by Gasteiger charge is -2.17. The highest BCUT2D eigenvalue weighted by atomic mass is 35.5. The van der Waals surface area contributed by atoms with Crippen molar-refractivity contribution in [1.82, 2.24) is 0 Å². The minimum Gasteiger partial charge on any atom is -0.497 e. The highest BCUT2D eigenvalue weighted by molar-refractivity contribution is 6.33. The van der Waals surface area contributed by atoms with Crippen LogP contribution in [0.5, 0.6) is 5.75 Å². The number of aryl methyl sites for hydroxylation is 1. The van der Waals surface area contributed by atoms with Gasteiger partial charge in [0.2, 0.25) is 0 Å². The summed E-state index contributed by atoms with van der Waals surface area (Å²) in [7, 11) is 1.67. The normalized spacial score (nSPS) is 16.1. The van der Waals surface area contributed by atoms with E-state index in [4.69, 9.17) is 21.6 Å². The Morgan fingerprint density at radius 3 is 2.90 bits per heavy atom. The van der Waals surface area contributed by atoms with Gasteiger partial charge in [-0.05, 0) is 54.3 Å². The largest absolute Gasteiger partial charge is 0.497 e. The number of halogens is 1. The van der Waals surface area contributed by atoms with E-state index in [-0.39, 0.29) is 6.04 Å². The van der Waals surface area contributed by atoms with Crippen molar-refractivity contribution in [2.45, 2.75) is 18.9 Å². The van der Waals surface area contributed by atoms with E-state index in [9.17, 15) is 0 Å². The maximum Gasteiger partial charge on any atom is 0.119 e. The first kappa shape index (κ1) is 13.8. The quantitative estimate of drug-likeness (QED) is 0.918. The van der Waals surface area contributed by atoms with Crippen LogP contribution in [0.4, 0.5) is 5.69 Å². The number of nitrogens with one attached hydrogen (secondary N) is 1. The van der Waals surface area contributed by atoms with E-state index >= 15 is 0 Å². The van der Waals surface area contributed by atoms with E-state index in [1.165, 1.54) is 11.1 Å². The first-order valence-corrected chi connectivity index (χ1v) is 7.22. The van der Waals surface area contributed by atoms with Crippen LogP contribution >= 0.6 is 11.6 Å². The summed E-state index contributed by atoms with van der Waals surface area (Å²) in [5.41, 5.74) is 3.98. The predicted molar refractivity (Wildman–Crippen MR) is 83.8 cm³/mol. The average molecular weight is 299 g/mol. The fourth-order valence-corrected chi connectivity index (χ4v) is 2.92. The van der Waals surface area contributed by atoms with Gasteiger partial charge in [-0.1, -0.05) is 17.7 Å². The molecule has 106 valence electrons. The van der Waals surface area contributed by atoms with Crippen molar-refractivity contribution < 1.29 is 4.74 Å². The average Bonchev–Trinajstić information content (AvgIpc) is 2.91. The van der Waals surface area contributed by atoms with Crippen LogP contribution in [-0.4, -0.2) is 7.11 Å². The third-order valence-electron chi connectivity index (χ3n) is 3.86. The highest BCUT2D eigenvalue weighted by Crippen LogP contribution is 2.37. The van der Waals surface area contributed by atoms with E-state index in [1.54, 1.807) is 25.3 Å². The molecule has 0 bridgehead atoms. The smallest absolute Gasteiger partial charge is 0.119 e. The Morgan fingerprint density at radius 2 is 2.14 bits per heavy atom. The van der Waals surface area contributed by atoms with Gasteiger partial charge in [-0.3, -0.25) is 0 Å². The maximum atomic E-state index is 9.00. The van der Waals surface area contributed by atoms with Gasteiger partial charge in [-0.15, -0.1) is 0 Å². The molecule has 3 nitrogen and oxygen atoms in total. The molecule has 2 aromatic rings. The van der Waals surface area contributed by atoms with Gasteiger partial charge in [0.1, 0.15) is 5.75 Å². The number of methoxy groups -OCH3 is 1. The van der Waals surface area contributed by atoms with Gasteiger partial charge in [0.25, 0.3) is 0 Å². The van der Waals surface area contributed by atoms with Crippen LogP contribution in [0.1, 0.15) is 29.2 Å². The van der Waals surface area contributed by atoms with Crippen LogP contribution in [0.2, 0.25) is 5.02 Å². The summed E-state index contributed by atoms with van der Waals surface area (Å²) in [5.74, 6) is 0.860. The molecule has 1 aliphatic carbocycles. The monoisotopic (exact) mass is 298 g/mol. The number of hydrogen-bond acceptors (Lipinski definition) is 3. The Balaban J connectivity index is 1.90. The SMILES string of the molecule is COc1ccc2c(c1)C(Nc1cc(C#N)ccc1Cl)CC2. The second-order valence-corrected chi connectivity index (χ2v) is 5.51. The molecule has 0 aliphatic heterocycles. The van der Waals surface area contributed by atoms with E-state index in [0.717, 1.165) is 24.3 Å². The van der Waals surface area contributed by atoms with Crippen LogP contribution in [0, 0.1) is 11.3 Å². The Labute approximate surface area is 129 Å². The molecule has 4 heteroatoms. The lowest BCUT2D eigenvalue weighted by Crippen LogP contribution is -2.07. The van der Waals surface area contributed by atoms with Gasteiger partial charge in [-0.2, -0.15) is 5.26 Å². The molecule has 1 aliphatic rings. The summed E-state index contributed by atoms with van der Waals surface area (Å²) in [5, 5.41) is 13.1. The Morgan fingerprint density at radius 1 is 1.29 bits per heavy atom. The summed E-state index contributed by atoms with van der Waals surface area (Å²) in [4.78, 5) is 0. The molecule has 0 aromatic heterocycles. The van der Waals surface area contributed by atoms with Crippen molar-refractivity contribution in [1.29, 1.82) is 5.26 Å². The molecule has 0 radical (unpaired) electrons. The summed E-state index contributed by atoms with van der Waals surface area (Å²) in [6, 6.07) is 13.8. The molecule has 1 atom stereocenters. The zero-order chi connectivity index (χ0) is 14.8. The van der Waals surface area contributed by atoms with Crippen molar-refractivity contribution in [3.63, 3.8) is 0 Å². The molecule has 0 fully saturated rings. The molecular formula is C17H15ClN2O. The summed E-state index contributed by atoms with van der Waals surface area (Å²) < 4.78 is 5.30. The number of anilines is 1. The Kier molecular flexibility index (Phi) is 3.72. The van der Waals surface area contributed by atoms with E-state index < -0.39 is 0 Å². The van der Waals surface area contributed by atoms with Crippen LogP contribution in [0.3, 0.4) is 0 Å². The second kappa shape index (κ2) is 5.67. The second-order valence-electron chi connectivity index (χ2n) is 5.11. The zero-order valence-corrected chi connectivity index (χ0v) is 12.4. The molecule has 0 heterocycles. The minimum atomic E-state index is 0.196. The lowest BCUT2D eigenvalue weighted by atomic mass is 10.1. The summed E-state index contributed by atoms with van der Waals surface area (Å²) >= 11 is 6.22. The molecule has 0 saturated carbocycles. The predicted octanol–water partition coefficient (Wildman–Crippen LogP) is 4.32. The molecule has 2 aromatic carbocycles. The topological polar surface area (TPSA) is 45.0 Å². The zero-order valence-electron chi connectivity index (χ0n) is 11.7. The van der Waals surface area contributed by atoms with Gasteiger partial charge in [0, 0.05) is 0 Å². The summed E-state index contributed by atoms with van der Waals surface area (Å²) in [6.07, 6.45) is 2.04. The van der Waals surface area contributed by atoms with Crippen LogP contribution < -0.4 is 10.1 Å². The van der Waals surface area contributed by atoms with Crippen LogP contribution in [-0.2, 0) is 6.42 Å². The number of benzene rings is 2. The molecule has 0 amide bonds. The number of fused-ring (bicyclic) bond motifs is 1. The fraction of sp³-hybridized carbons (Fsp3) is 0.235. The van der Waals surface area contributed by atoms with Crippen molar-refractivity contribution in [2.75, 3.05) is 12.4 Å². The Hall–Kier alpha value is -2.18. The minimum absolute atomic E-state index is 0.196. The van der Waals surface area contributed by atoms with Gasteiger partial charge in [-0.25, -0.2) is 0 Å². The number of nitriles is 1. The number of nitrogens with zero attached hydrogens (tertiary/aromatic N) is 1. The molecule has 0 spiro atoms. The van der Waals surface area contributed by atoms with Crippen LogP contribution in [0.15, 0.2) is 36.4 Å². The first-order valence-electron chi connectivity index (χ1n) is 6.84. The molecule has 0 saturated heterocycles. The van der Waals surface area contributed by atoms with Gasteiger partial charge < -0.3 is 10.1 Å². The van der Waals surface area contributed by atoms with Gasteiger partial charge in [0.15, 0.2) is 0 Å². The van der Waals surface area contributed by atoms with E-state index in [2.05, 4.69) is 23.5 Å². The standard InChI is InChI=1S/C17H15ClN2O/c1-21-13-5-3-12-4-7-16(14(12)9-13)20-17-8-11(10-19)2-6-15(17)18/h2-3,5-6,8-9,16,20H,4,7H2,1H3. The Bertz CT molecular complexity index is 721. The number of hydrogen-bond donors (Lipinski definition) is 1. The molecular weight excluding hydrogens is 284 g/mol.